The minimum Gasteiger partial charge on any atom is -0.330 e. The van der Waals surface area contributed by atoms with E-state index in [-0.39, 0.29) is 6.54 Å². The molecule has 1 aromatic carbocycles. The molecule has 0 spiro atoms. The Hall–Kier alpha value is -1.17. The Morgan fingerprint density at radius 3 is 1.44 bits per heavy atom. The van der Waals surface area contributed by atoms with Crippen LogP contribution in [0.3, 0.4) is 0 Å². The minimum atomic E-state index is -2.16. The van der Waals surface area contributed by atoms with Crippen molar-refractivity contribution in [3.8, 4) is 0 Å². The Labute approximate surface area is 89.1 Å². The zero-order valence-electron chi connectivity index (χ0n) is 8.67. The van der Waals surface area contributed by atoms with Crippen LogP contribution in [0.15, 0.2) is 0 Å². The smallest absolute Gasteiger partial charge is 0.200 e. The Morgan fingerprint density at radius 1 is 0.812 bits per heavy atom. The molecule has 0 heterocycles. The zero-order chi connectivity index (χ0) is 12.7. The van der Waals surface area contributed by atoms with E-state index in [2.05, 4.69) is 0 Å². The van der Waals surface area contributed by atoms with Crippen LogP contribution < -0.4 is 5.73 Å². The number of hydrogen-bond acceptors (Lipinski definition) is 1. The lowest BCUT2D eigenvalue weighted by Gasteiger charge is -2.24. The lowest BCUT2D eigenvalue weighted by Crippen LogP contribution is -2.31. The van der Waals surface area contributed by atoms with Crippen LogP contribution in [0.2, 0.25) is 0 Å². The first kappa shape index (κ1) is 12.9. The van der Waals surface area contributed by atoms with Crippen molar-refractivity contribution in [2.45, 2.75) is 19.3 Å². The predicted molar refractivity (Wildman–Crippen MR) is 48.3 cm³/mol. The first-order valence-corrected chi connectivity index (χ1v) is 4.46. The fraction of sp³-hybridized carbons (Fsp3) is 0.400. The molecule has 1 nitrogen and oxygen atoms in total. The highest BCUT2D eigenvalue weighted by Crippen LogP contribution is 2.31. The van der Waals surface area contributed by atoms with Gasteiger partial charge in [-0.2, -0.15) is 0 Å². The molecule has 0 saturated carbocycles. The molecular formula is C10H10F5N. The van der Waals surface area contributed by atoms with Gasteiger partial charge in [0, 0.05) is 17.5 Å². The van der Waals surface area contributed by atoms with Crippen LogP contribution in [-0.4, -0.2) is 6.54 Å². The van der Waals surface area contributed by atoms with Crippen molar-refractivity contribution < 1.29 is 22.0 Å². The van der Waals surface area contributed by atoms with E-state index in [1.165, 1.54) is 13.8 Å². The van der Waals surface area contributed by atoms with E-state index in [9.17, 15) is 22.0 Å². The highest BCUT2D eigenvalue weighted by molar-refractivity contribution is 5.30. The normalized spacial score (nSPS) is 12.0. The molecule has 0 radical (unpaired) electrons. The molecular weight excluding hydrogens is 229 g/mol. The molecule has 0 aromatic heterocycles. The Bertz CT molecular complexity index is 399. The maximum absolute atomic E-state index is 13.3. The minimum absolute atomic E-state index is 0.245. The third-order valence-corrected chi connectivity index (χ3v) is 2.40. The van der Waals surface area contributed by atoms with Gasteiger partial charge in [-0.3, -0.25) is 0 Å². The maximum atomic E-state index is 13.3. The molecule has 0 fully saturated rings. The van der Waals surface area contributed by atoms with Gasteiger partial charge in [-0.1, -0.05) is 13.8 Å². The summed E-state index contributed by atoms with van der Waals surface area (Å²) in [4.78, 5) is 0. The highest BCUT2D eigenvalue weighted by Gasteiger charge is 2.33. The average Bonchev–Trinajstić information content (AvgIpc) is 2.23. The average molecular weight is 239 g/mol. The lowest BCUT2D eigenvalue weighted by molar-refractivity contribution is 0.348. The second-order valence-electron chi connectivity index (χ2n) is 4.03. The molecule has 0 aliphatic carbocycles. The summed E-state index contributed by atoms with van der Waals surface area (Å²) in [7, 11) is 0. The molecule has 0 saturated heterocycles. The van der Waals surface area contributed by atoms with E-state index in [0.29, 0.717) is 0 Å². The van der Waals surface area contributed by atoms with Gasteiger partial charge in [0.25, 0.3) is 0 Å². The summed E-state index contributed by atoms with van der Waals surface area (Å²) in [6.07, 6.45) is 0. The van der Waals surface area contributed by atoms with Crippen LogP contribution in [0.5, 0.6) is 0 Å². The third kappa shape index (κ3) is 1.77. The van der Waals surface area contributed by atoms with Crippen molar-refractivity contribution >= 4 is 0 Å². The predicted octanol–water partition coefficient (Wildman–Crippen LogP) is 2.62. The number of hydrogen-bond donors (Lipinski definition) is 1. The SMILES string of the molecule is CC(C)(CN)c1c(F)c(F)c(F)c(F)c1F. The van der Waals surface area contributed by atoms with Crippen LogP contribution in [0.25, 0.3) is 0 Å². The summed E-state index contributed by atoms with van der Waals surface area (Å²) >= 11 is 0. The molecule has 6 heteroatoms. The van der Waals surface area contributed by atoms with E-state index in [0.717, 1.165) is 0 Å². The van der Waals surface area contributed by atoms with Gasteiger partial charge in [0.1, 0.15) is 0 Å². The molecule has 2 N–H and O–H groups in total. The maximum Gasteiger partial charge on any atom is 0.200 e. The van der Waals surface area contributed by atoms with Crippen LogP contribution in [0.1, 0.15) is 19.4 Å². The topological polar surface area (TPSA) is 26.0 Å². The van der Waals surface area contributed by atoms with Crippen molar-refractivity contribution in [3.05, 3.63) is 34.6 Å². The zero-order valence-corrected chi connectivity index (χ0v) is 8.67. The summed E-state index contributed by atoms with van der Waals surface area (Å²) in [5.74, 6) is -9.71. The Balaban J connectivity index is 3.65. The summed E-state index contributed by atoms with van der Waals surface area (Å²) < 4.78 is 65.1. The molecule has 0 unspecified atom stereocenters. The van der Waals surface area contributed by atoms with Crippen molar-refractivity contribution in [2.75, 3.05) is 6.54 Å². The number of nitrogens with two attached hydrogens (primary N) is 1. The fourth-order valence-electron chi connectivity index (χ4n) is 1.30. The number of benzene rings is 1. The van der Waals surface area contributed by atoms with E-state index < -0.39 is 40.1 Å². The van der Waals surface area contributed by atoms with Gasteiger partial charge >= 0.3 is 0 Å². The fourth-order valence-corrected chi connectivity index (χ4v) is 1.30. The monoisotopic (exact) mass is 239 g/mol. The van der Waals surface area contributed by atoms with Gasteiger partial charge < -0.3 is 5.73 Å². The van der Waals surface area contributed by atoms with E-state index in [1.807, 2.05) is 0 Å². The molecule has 0 aliphatic heterocycles. The van der Waals surface area contributed by atoms with Crippen molar-refractivity contribution in [1.29, 1.82) is 0 Å². The first-order chi connectivity index (χ1) is 7.24. The highest BCUT2D eigenvalue weighted by atomic mass is 19.2. The van der Waals surface area contributed by atoms with E-state index in [4.69, 9.17) is 5.73 Å². The number of rotatable bonds is 2. The van der Waals surface area contributed by atoms with Gasteiger partial charge in [0.15, 0.2) is 23.3 Å². The molecule has 0 bridgehead atoms. The van der Waals surface area contributed by atoms with Crippen LogP contribution in [0, 0.1) is 29.1 Å². The van der Waals surface area contributed by atoms with Crippen molar-refractivity contribution in [2.24, 2.45) is 5.73 Å². The first-order valence-electron chi connectivity index (χ1n) is 4.46. The van der Waals surface area contributed by atoms with E-state index in [1.54, 1.807) is 0 Å². The largest absolute Gasteiger partial charge is 0.330 e. The summed E-state index contributed by atoms with van der Waals surface area (Å²) in [5.41, 5.74) is 3.03. The summed E-state index contributed by atoms with van der Waals surface area (Å²) in [5, 5.41) is 0. The molecule has 1 rings (SSSR count). The van der Waals surface area contributed by atoms with Crippen LogP contribution >= 0.6 is 0 Å². The Kier molecular flexibility index (Phi) is 3.23. The van der Waals surface area contributed by atoms with Gasteiger partial charge in [-0.05, 0) is 0 Å². The molecule has 0 atom stereocenters. The lowest BCUT2D eigenvalue weighted by atomic mass is 9.83. The quantitative estimate of drug-likeness (QED) is 0.479. The molecule has 1 aromatic rings. The van der Waals surface area contributed by atoms with Gasteiger partial charge in [-0.25, -0.2) is 22.0 Å². The summed E-state index contributed by atoms with van der Waals surface area (Å²) in [6, 6.07) is 0. The molecule has 90 valence electrons. The van der Waals surface area contributed by atoms with Crippen molar-refractivity contribution in [1.82, 2.24) is 0 Å². The molecule has 0 aliphatic rings. The Morgan fingerprint density at radius 2 is 1.12 bits per heavy atom. The standard InChI is InChI=1S/C10H10F5N/c1-10(2,3-16)4-5(11)7(13)9(15)8(14)6(4)12/h3,16H2,1-2H3. The molecule has 16 heavy (non-hydrogen) atoms. The van der Waals surface area contributed by atoms with Crippen molar-refractivity contribution in [3.63, 3.8) is 0 Å². The number of halogens is 5. The second kappa shape index (κ2) is 4.01. The molecule has 0 amide bonds. The third-order valence-electron chi connectivity index (χ3n) is 2.40. The van der Waals surface area contributed by atoms with Crippen LogP contribution in [0.4, 0.5) is 22.0 Å². The summed E-state index contributed by atoms with van der Waals surface area (Å²) in [6.45, 7) is 2.35. The van der Waals surface area contributed by atoms with Crippen LogP contribution in [-0.2, 0) is 5.41 Å². The van der Waals surface area contributed by atoms with Gasteiger partial charge in [0.05, 0.1) is 0 Å². The van der Waals surface area contributed by atoms with Gasteiger partial charge in [0.2, 0.25) is 5.82 Å². The van der Waals surface area contributed by atoms with Gasteiger partial charge in [-0.15, -0.1) is 0 Å². The second-order valence-corrected chi connectivity index (χ2v) is 4.03. The van der Waals surface area contributed by atoms with E-state index >= 15 is 0 Å².